The Hall–Kier alpha value is -6.56. The van der Waals surface area contributed by atoms with E-state index in [1.54, 1.807) is 20.8 Å². The molecule has 8 saturated carbocycles. The van der Waals surface area contributed by atoms with Gasteiger partial charge < -0.3 is 28.1 Å². The van der Waals surface area contributed by atoms with Crippen LogP contribution in [0.1, 0.15) is 177 Å². The first kappa shape index (κ1) is 80.5. The van der Waals surface area contributed by atoms with Crippen molar-refractivity contribution >= 4 is 65.9 Å². The molecule has 0 heterocycles. The summed E-state index contributed by atoms with van der Waals surface area (Å²) in [6.07, 6.45) is 9.21. The second-order valence-electron chi connectivity index (χ2n) is 32.2. The maximum Gasteiger partial charge on any atom is 0.428 e. The van der Waals surface area contributed by atoms with Crippen LogP contribution in [-0.4, -0.2) is 84.7 Å². The summed E-state index contributed by atoms with van der Waals surface area (Å²) in [5.74, 6) is -4.64. The Balaban J connectivity index is 0.000000160. The number of benzene rings is 6. The van der Waals surface area contributed by atoms with Gasteiger partial charge in [0.25, 0.3) is 0 Å². The van der Waals surface area contributed by atoms with Gasteiger partial charge in [0.1, 0.15) is 11.2 Å². The average molecular weight is 1500 g/mol. The third-order valence-electron chi connectivity index (χ3n) is 21.3. The maximum absolute atomic E-state index is 13.5. The first-order valence-electron chi connectivity index (χ1n) is 35.4. The number of carbonyl (C=O) groups is 4. The van der Waals surface area contributed by atoms with Gasteiger partial charge in [-0.3, -0.25) is 9.59 Å². The smallest absolute Gasteiger partial charge is 0.428 e. The number of rotatable bonds is 20. The second-order valence-corrected chi connectivity index (χ2v) is 39.0. The summed E-state index contributed by atoms with van der Waals surface area (Å²) in [4.78, 5) is 56.4. The number of halogens is 4. The van der Waals surface area contributed by atoms with Crippen molar-refractivity contribution in [3.8, 4) is 0 Å². The molecule has 558 valence electrons. The highest BCUT2D eigenvalue weighted by Crippen LogP contribution is 2.65. The molecule has 103 heavy (non-hydrogen) atoms. The first-order valence-corrected chi connectivity index (χ1v) is 40.7. The lowest BCUT2D eigenvalue weighted by molar-refractivity contribution is -0.218. The van der Waals surface area contributed by atoms with Crippen LogP contribution in [0.3, 0.4) is 0 Å². The first-order chi connectivity index (χ1) is 48.1. The number of hydrogen-bond donors (Lipinski definition) is 0. The Morgan fingerprint density at radius 3 is 0.990 bits per heavy atom. The van der Waals surface area contributed by atoms with E-state index in [4.69, 9.17) is 9.47 Å². The third kappa shape index (κ3) is 19.2. The van der Waals surface area contributed by atoms with E-state index >= 15 is 0 Å². The van der Waals surface area contributed by atoms with Gasteiger partial charge >= 0.3 is 34.4 Å². The lowest BCUT2D eigenvalue weighted by Gasteiger charge is -2.61. The van der Waals surface area contributed by atoms with Crippen molar-refractivity contribution in [3.63, 3.8) is 0 Å². The summed E-state index contributed by atoms with van der Waals surface area (Å²) in [7, 11) is -12.4. The fourth-order valence-electron chi connectivity index (χ4n) is 16.3. The monoisotopic (exact) mass is 1500 g/mol. The molecule has 5 unspecified atom stereocenters. The van der Waals surface area contributed by atoms with Crippen LogP contribution in [0.4, 0.5) is 17.6 Å². The van der Waals surface area contributed by atoms with Crippen LogP contribution in [-0.2, 0) is 91.0 Å². The van der Waals surface area contributed by atoms with Crippen LogP contribution in [0.15, 0.2) is 199 Å². The molecule has 8 aliphatic carbocycles. The maximum atomic E-state index is 13.5. The van der Waals surface area contributed by atoms with Crippen LogP contribution >= 0.6 is 0 Å². The molecule has 0 saturated heterocycles. The Kier molecular flexibility index (Phi) is 24.6. The molecule has 8 bridgehead atoms. The van der Waals surface area contributed by atoms with Gasteiger partial charge in [0.05, 0.1) is 46.3 Å². The SMILES string of the molecule is CC(C)(C)c1ccc([S+](c2ccccc2)c2ccccc2)cc1.CC(C)(C)c1ccc([S+](c2ccccc2)c2ccccc2)cc1.CCC(C)(C)C(=O)OC12CC3CC(CC(COC(=O)C(F)(F)S(=O)(=O)[O-])(C3)C1)C2.CCC(C)C(=O)OC12CC3CC(CC(COC(=O)C(F)(F)S(=O)(=O)[O-])(C3)C1)C2. The molecule has 0 N–H and O–H groups in total. The molecule has 14 rings (SSSR count). The van der Waals surface area contributed by atoms with Crippen molar-refractivity contribution in [1.29, 1.82) is 0 Å². The number of esters is 4. The van der Waals surface area contributed by atoms with Gasteiger partial charge in [0.15, 0.2) is 49.6 Å². The predicted octanol–water partition coefficient (Wildman–Crippen LogP) is 17.7. The number of alkyl halides is 4. The average Bonchev–Trinajstić information content (AvgIpc) is 0.726. The van der Waals surface area contributed by atoms with E-state index in [9.17, 15) is 62.7 Å². The molecule has 8 fully saturated rings. The highest BCUT2D eigenvalue weighted by atomic mass is 32.2. The van der Waals surface area contributed by atoms with Gasteiger partial charge in [0, 0.05) is 10.8 Å². The predicted molar refractivity (Wildman–Crippen MR) is 387 cm³/mol. The zero-order chi connectivity index (χ0) is 75.4. The quantitative estimate of drug-likeness (QED) is 0.0228. The van der Waals surface area contributed by atoms with Crippen molar-refractivity contribution in [1.82, 2.24) is 0 Å². The molecule has 22 heteroatoms. The minimum absolute atomic E-state index is 0.0497. The van der Waals surface area contributed by atoms with Gasteiger partial charge in [0.2, 0.25) is 0 Å². The van der Waals surface area contributed by atoms with E-state index < -0.39 is 83.3 Å². The van der Waals surface area contributed by atoms with Crippen molar-refractivity contribution < 1.29 is 81.6 Å². The summed E-state index contributed by atoms with van der Waals surface area (Å²) in [6, 6.07) is 61.5. The minimum atomic E-state index is -6.15. The molecule has 0 spiro atoms. The topological polar surface area (TPSA) is 220 Å². The third-order valence-corrected chi connectivity index (χ3v) is 27.3. The van der Waals surface area contributed by atoms with Gasteiger partial charge in [-0.25, -0.2) is 26.4 Å². The fourth-order valence-corrected chi connectivity index (χ4v) is 21.0. The molecule has 0 radical (unpaired) electrons. The zero-order valence-electron chi connectivity index (χ0n) is 60.7. The Morgan fingerprint density at radius 2 is 0.728 bits per heavy atom. The van der Waals surface area contributed by atoms with E-state index in [0.717, 1.165) is 12.8 Å². The van der Waals surface area contributed by atoms with Crippen molar-refractivity contribution in [2.45, 2.75) is 228 Å². The van der Waals surface area contributed by atoms with Crippen molar-refractivity contribution in [2.75, 3.05) is 13.2 Å². The summed E-state index contributed by atoms with van der Waals surface area (Å²) in [5.41, 5.74) is -0.202. The largest absolute Gasteiger partial charge is 0.743 e. The van der Waals surface area contributed by atoms with Crippen LogP contribution in [0.25, 0.3) is 0 Å². The van der Waals surface area contributed by atoms with Crippen LogP contribution in [0, 0.1) is 45.8 Å². The van der Waals surface area contributed by atoms with E-state index in [2.05, 4.69) is 221 Å². The Labute approximate surface area is 611 Å². The van der Waals surface area contributed by atoms with Crippen molar-refractivity contribution in [2.24, 2.45) is 45.8 Å². The molecule has 0 aliphatic heterocycles. The Bertz CT molecular complexity index is 3890. The van der Waals surface area contributed by atoms with Crippen LogP contribution in [0.5, 0.6) is 0 Å². The van der Waals surface area contributed by atoms with Crippen LogP contribution in [0.2, 0.25) is 0 Å². The Morgan fingerprint density at radius 1 is 0.447 bits per heavy atom. The van der Waals surface area contributed by atoms with E-state index in [1.807, 2.05) is 13.8 Å². The van der Waals surface area contributed by atoms with Gasteiger partial charge in [-0.05, 0) is 222 Å². The molecule has 0 amide bonds. The lowest BCUT2D eigenvalue weighted by atomic mass is 9.48. The van der Waals surface area contributed by atoms with Gasteiger partial charge in [-0.15, -0.1) is 0 Å². The molecule has 5 atom stereocenters. The van der Waals surface area contributed by atoms with E-state index in [0.29, 0.717) is 77.0 Å². The van der Waals surface area contributed by atoms with E-state index in [-0.39, 0.29) is 74.1 Å². The fraction of sp³-hybridized carbons (Fsp3) is 0.506. The molecular formula is C81H98F4O14S4. The summed E-state index contributed by atoms with van der Waals surface area (Å²) in [6.45, 7) is 21.9. The molecule has 0 aromatic heterocycles. The van der Waals surface area contributed by atoms with Gasteiger partial charge in [-0.2, -0.15) is 17.6 Å². The molecule has 14 nitrogen and oxygen atoms in total. The highest BCUT2D eigenvalue weighted by Gasteiger charge is 2.63. The standard InChI is InChI=1S/2C22H23S.C19H28F2O7S.C18H26F2O7S/c2*1-22(2,3)18-14-16-21(17-15-18)23(19-10-6-4-7-11-19)20-12-8-5-9-13-20;1-4-16(2,3)14(22)28-18-8-12-5-13(9-18)7-17(6-12,10-18)11-27-15(23)19(20,21)29(24,25)26;1-3-11(2)14(21)27-17-7-12-4-13(8-17)6-16(5-12,9-17)10-26-15(22)18(19,20)28(23,24)25/h2*4-17H,1-3H3;12-13H,4-11H2,1-3H3,(H,24,25,26);11-13H,3-10H2,1-2H3,(H,23,24,25)/q2*+1;;/p-2. The van der Waals surface area contributed by atoms with Gasteiger partial charge in [-0.1, -0.05) is 159 Å². The molecule has 6 aromatic rings. The summed E-state index contributed by atoms with van der Waals surface area (Å²) >= 11 is 0. The molecule has 8 aliphatic rings. The minimum Gasteiger partial charge on any atom is -0.743 e. The lowest BCUT2D eigenvalue weighted by Crippen LogP contribution is -2.59. The number of hydrogen-bond acceptors (Lipinski definition) is 14. The normalized spacial score (nSPS) is 24.5. The number of ether oxygens (including phenoxy) is 4. The van der Waals surface area contributed by atoms with Crippen LogP contribution < -0.4 is 0 Å². The number of carbonyl (C=O) groups excluding carboxylic acids is 4. The second kappa shape index (κ2) is 31.5. The van der Waals surface area contributed by atoms with E-state index in [1.165, 1.54) is 40.5 Å². The zero-order valence-corrected chi connectivity index (χ0v) is 64.0. The van der Waals surface area contributed by atoms with Crippen molar-refractivity contribution in [3.05, 3.63) is 181 Å². The summed E-state index contributed by atoms with van der Waals surface area (Å²) in [5, 5.41) is -10.2. The highest BCUT2D eigenvalue weighted by molar-refractivity contribution is 7.97. The molecular weight excluding hydrogens is 1400 g/mol. The molecule has 6 aromatic carbocycles. The summed E-state index contributed by atoms with van der Waals surface area (Å²) < 4.78 is 139.